The van der Waals surface area contributed by atoms with Crippen molar-refractivity contribution < 1.29 is 14.6 Å². The molecule has 1 aliphatic heterocycles. The second-order valence-electron chi connectivity index (χ2n) is 4.66. The molecular formula is C14H20N2O3. The van der Waals surface area contributed by atoms with Gasteiger partial charge in [0.1, 0.15) is 11.8 Å². The third-order valence-electron chi connectivity index (χ3n) is 3.19. The van der Waals surface area contributed by atoms with Crippen LogP contribution in [0.2, 0.25) is 0 Å². The van der Waals surface area contributed by atoms with Crippen molar-refractivity contribution in [3.63, 3.8) is 0 Å². The number of ether oxygens (including phenoxy) is 1. The van der Waals surface area contributed by atoms with Crippen molar-refractivity contribution in [2.45, 2.75) is 25.9 Å². The Morgan fingerprint density at radius 1 is 1.47 bits per heavy atom. The van der Waals surface area contributed by atoms with Gasteiger partial charge in [-0.05, 0) is 26.0 Å². The van der Waals surface area contributed by atoms with E-state index >= 15 is 0 Å². The molecule has 2 atom stereocenters. The minimum Gasteiger partial charge on any atom is -0.492 e. The van der Waals surface area contributed by atoms with Gasteiger partial charge in [0.05, 0.1) is 18.9 Å². The molecule has 5 heteroatoms. The molecule has 1 fully saturated rings. The van der Waals surface area contributed by atoms with Crippen molar-refractivity contribution in [2.75, 3.05) is 24.7 Å². The fraction of sp³-hybridized carbons (Fsp3) is 0.500. The molecule has 0 aliphatic carbocycles. The van der Waals surface area contributed by atoms with Gasteiger partial charge in [-0.25, -0.2) is 0 Å². The molecule has 1 aromatic rings. The second-order valence-corrected chi connectivity index (χ2v) is 4.66. The van der Waals surface area contributed by atoms with Crippen LogP contribution in [0.1, 0.15) is 13.8 Å². The van der Waals surface area contributed by atoms with Gasteiger partial charge in [-0.15, -0.1) is 0 Å². The van der Waals surface area contributed by atoms with Crippen molar-refractivity contribution in [3.05, 3.63) is 24.3 Å². The summed E-state index contributed by atoms with van der Waals surface area (Å²) in [6.45, 7) is 4.88. The predicted molar refractivity (Wildman–Crippen MR) is 73.4 cm³/mol. The van der Waals surface area contributed by atoms with Crippen LogP contribution in [0.25, 0.3) is 0 Å². The minimum atomic E-state index is -0.558. The normalized spacial score (nSPS) is 23.1. The smallest absolute Gasteiger partial charge is 0.245 e. The van der Waals surface area contributed by atoms with E-state index in [-0.39, 0.29) is 18.6 Å². The van der Waals surface area contributed by atoms with Crippen LogP contribution >= 0.6 is 0 Å². The average molecular weight is 264 g/mol. The number of hydrogen-bond acceptors (Lipinski definition) is 4. The van der Waals surface area contributed by atoms with Gasteiger partial charge in [-0.1, -0.05) is 12.1 Å². The number of aliphatic hydroxyl groups is 1. The van der Waals surface area contributed by atoms with Crippen LogP contribution in [-0.4, -0.2) is 42.9 Å². The molecule has 1 saturated heterocycles. The maximum atomic E-state index is 11.9. The topological polar surface area (TPSA) is 61.8 Å². The molecule has 1 aromatic carbocycles. The van der Waals surface area contributed by atoms with Crippen molar-refractivity contribution in [2.24, 2.45) is 0 Å². The first-order chi connectivity index (χ1) is 9.17. The number of carbonyl (C=O) groups excluding carboxylic acids is 1. The van der Waals surface area contributed by atoms with Crippen LogP contribution < -0.4 is 15.0 Å². The first-order valence-electron chi connectivity index (χ1n) is 6.57. The Bertz CT molecular complexity index is 450. The quantitative estimate of drug-likeness (QED) is 0.843. The Kier molecular flexibility index (Phi) is 4.27. The Morgan fingerprint density at radius 3 is 2.89 bits per heavy atom. The molecule has 0 bridgehead atoms. The van der Waals surface area contributed by atoms with Crippen LogP contribution in [0, 0.1) is 0 Å². The van der Waals surface area contributed by atoms with Gasteiger partial charge >= 0.3 is 0 Å². The highest BCUT2D eigenvalue weighted by Crippen LogP contribution is 2.30. The van der Waals surface area contributed by atoms with Gasteiger partial charge in [0.2, 0.25) is 5.91 Å². The number of nitrogens with zero attached hydrogens (tertiary/aromatic N) is 1. The third-order valence-corrected chi connectivity index (χ3v) is 3.19. The van der Waals surface area contributed by atoms with Crippen LogP contribution in [0.5, 0.6) is 5.75 Å². The third kappa shape index (κ3) is 2.81. The van der Waals surface area contributed by atoms with Crippen molar-refractivity contribution in [3.8, 4) is 5.75 Å². The number of anilines is 1. The van der Waals surface area contributed by atoms with Gasteiger partial charge in [0, 0.05) is 12.6 Å². The van der Waals surface area contributed by atoms with Gasteiger partial charge in [0.25, 0.3) is 0 Å². The predicted octanol–water partition coefficient (Wildman–Crippen LogP) is 0.771. The van der Waals surface area contributed by atoms with Crippen LogP contribution in [0.3, 0.4) is 0 Å². The molecule has 104 valence electrons. The number of benzene rings is 1. The number of rotatable bonds is 4. The maximum absolute atomic E-state index is 11.9. The standard InChI is InChI=1S/C14H20N2O3/c1-3-19-13-7-5-4-6-11(13)16-8-10(2)15-14(18)12(16)9-17/h4-7,10,12,17H,3,8-9H2,1-2H3,(H,15,18). The fourth-order valence-electron chi connectivity index (χ4n) is 2.37. The molecule has 5 nitrogen and oxygen atoms in total. The van der Waals surface area contributed by atoms with Crippen molar-refractivity contribution in [1.82, 2.24) is 5.32 Å². The van der Waals surface area contributed by atoms with E-state index < -0.39 is 6.04 Å². The summed E-state index contributed by atoms with van der Waals surface area (Å²) in [6.07, 6.45) is 0. The van der Waals surface area contributed by atoms with Crippen LogP contribution in [0.15, 0.2) is 24.3 Å². The van der Waals surface area contributed by atoms with Crippen molar-refractivity contribution >= 4 is 11.6 Å². The summed E-state index contributed by atoms with van der Waals surface area (Å²) in [6, 6.07) is 7.09. The van der Waals surface area contributed by atoms with Gasteiger partial charge in [-0.3, -0.25) is 4.79 Å². The van der Waals surface area contributed by atoms with Crippen LogP contribution in [0.4, 0.5) is 5.69 Å². The monoisotopic (exact) mass is 264 g/mol. The van der Waals surface area contributed by atoms with Gasteiger partial charge in [0.15, 0.2) is 0 Å². The zero-order valence-electron chi connectivity index (χ0n) is 11.3. The Hall–Kier alpha value is -1.75. The van der Waals surface area contributed by atoms with E-state index in [4.69, 9.17) is 4.74 Å². The lowest BCUT2D eigenvalue weighted by molar-refractivity contribution is -0.125. The van der Waals surface area contributed by atoms with E-state index in [0.29, 0.717) is 13.2 Å². The lowest BCUT2D eigenvalue weighted by Gasteiger charge is -2.39. The van der Waals surface area contributed by atoms with E-state index in [2.05, 4.69) is 5.32 Å². The number of hydrogen-bond donors (Lipinski definition) is 2. The Morgan fingerprint density at radius 2 is 2.21 bits per heavy atom. The first kappa shape index (κ1) is 13.7. The molecule has 2 rings (SSSR count). The lowest BCUT2D eigenvalue weighted by Crippen LogP contribution is -2.60. The van der Waals surface area contributed by atoms with Crippen molar-refractivity contribution in [1.29, 1.82) is 0 Å². The number of amides is 1. The zero-order chi connectivity index (χ0) is 13.8. The summed E-state index contributed by atoms with van der Waals surface area (Å²) >= 11 is 0. The highest BCUT2D eigenvalue weighted by atomic mass is 16.5. The summed E-state index contributed by atoms with van der Waals surface area (Å²) in [4.78, 5) is 13.8. The fourth-order valence-corrected chi connectivity index (χ4v) is 2.37. The highest BCUT2D eigenvalue weighted by Gasteiger charge is 2.33. The molecule has 1 heterocycles. The molecule has 19 heavy (non-hydrogen) atoms. The molecule has 0 saturated carbocycles. The van der Waals surface area contributed by atoms with E-state index in [1.807, 2.05) is 43.0 Å². The number of carbonyl (C=O) groups is 1. The summed E-state index contributed by atoms with van der Waals surface area (Å²) in [5.74, 6) is 0.595. The number of piperazine rings is 1. The zero-order valence-corrected chi connectivity index (χ0v) is 11.3. The van der Waals surface area contributed by atoms with Crippen LogP contribution in [-0.2, 0) is 4.79 Å². The average Bonchev–Trinajstić information content (AvgIpc) is 2.39. The highest BCUT2D eigenvalue weighted by molar-refractivity contribution is 5.87. The molecule has 0 radical (unpaired) electrons. The summed E-state index contributed by atoms with van der Waals surface area (Å²) < 4.78 is 5.60. The number of para-hydroxylation sites is 2. The number of nitrogens with one attached hydrogen (secondary N) is 1. The van der Waals surface area contributed by atoms with E-state index in [1.165, 1.54) is 0 Å². The summed E-state index contributed by atoms with van der Waals surface area (Å²) in [5, 5.41) is 12.3. The van der Waals surface area contributed by atoms with E-state index in [0.717, 1.165) is 11.4 Å². The van der Waals surface area contributed by atoms with E-state index in [9.17, 15) is 9.90 Å². The summed E-state index contributed by atoms with van der Waals surface area (Å²) in [5.41, 5.74) is 0.852. The lowest BCUT2D eigenvalue weighted by atomic mass is 10.1. The van der Waals surface area contributed by atoms with E-state index in [1.54, 1.807) is 0 Å². The molecule has 0 aromatic heterocycles. The minimum absolute atomic E-state index is 0.0463. The number of aliphatic hydroxyl groups excluding tert-OH is 1. The second kappa shape index (κ2) is 5.93. The Balaban J connectivity index is 2.34. The SMILES string of the molecule is CCOc1ccccc1N1CC(C)NC(=O)C1CO. The summed E-state index contributed by atoms with van der Waals surface area (Å²) in [7, 11) is 0. The first-order valence-corrected chi connectivity index (χ1v) is 6.57. The maximum Gasteiger partial charge on any atom is 0.245 e. The Labute approximate surface area is 113 Å². The molecule has 1 aliphatic rings. The molecule has 0 spiro atoms. The molecule has 2 N–H and O–H groups in total. The molecule has 1 amide bonds. The van der Waals surface area contributed by atoms with Gasteiger partial charge < -0.3 is 20.1 Å². The molecular weight excluding hydrogens is 244 g/mol. The van der Waals surface area contributed by atoms with Gasteiger partial charge in [-0.2, -0.15) is 0 Å². The molecule has 2 unspecified atom stereocenters. The largest absolute Gasteiger partial charge is 0.492 e.